The fourth-order valence-corrected chi connectivity index (χ4v) is 1.71. The van der Waals surface area contributed by atoms with Crippen LogP contribution in [0.1, 0.15) is 0 Å². The van der Waals surface area contributed by atoms with Crippen LogP contribution < -0.4 is 5.32 Å². The predicted molar refractivity (Wildman–Crippen MR) is 44.9 cm³/mol. The first-order valence-corrected chi connectivity index (χ1v) is 4.08. The molecule has 2 aliphatic rings. The van der Waals surface area contributed by atoms with Crippen LogP contribution in [0.15, 0.2) is 0 Å². The molecule has 1 aliphatic carbocycles. The van der Waals surface area contributed by atoms with E-state index >= 15 is 0 Å². The number of fused-ring (bicyclic) bond motifs is 1. The molecule has 0 bridgehead atoms. The average Bonchev–Trinajstić information content (AvgIpc) is 2.74. The van der Waals surface area contributed by atoms with E-state index in [0.717, 1.165) is 0 Å². The van der Waals surface area contributed by atoms with Crippen LogP contribution in [-0.4, -0.2) is 42.0 Å². The van der Waals surface area contributed by atoms with Gasteiger partial charge in [-0.1, -0.05) is 0 Å². The summed E-state index contributed by atoms with van der Waals surface area (Å²) in [7, 11) is 0. The highest BCUT2D eigenvalue weighted by Crippen LogP contribution is 2.48. The monoisotopic (exact) mass is 247 g/mol. The van der Waals surface area contributed by atoms with Crippen LogP contribution in [0.5, 0.6) is 0 Å². The summed E-state index contributed by atoms with van der Waals surface area (Å²) < 4.78 is 41.4. The Morgan fingerprint density at radius 1 is 1.47 bits per heavy atom. The van der Waals surface area contributed by atoms with E-state index in [9.17, 15) is 18.0 Å². The lowest BCUT2D eigenvalue weighted by Gasteiger charge is -2.18. The molecule has 4 nitrogen and oxygen atoms in total. The summed E-state index contributed by atoms with van der Waals surface area (Å²) in [5.41, 5.74) is 0. The van der Waals surface area contributed by atoms with Crippen LogP contribution in [0.2, 0.25) is 0 Å². The summed E-state index contributed by atoms with van der Waals surface area (Å²) >= 11 is 0. The molecule has 1 saturated heterocycles. The van der Waals surface area contributed by atoms with Crippen molar-refractivity contribution in [3.63, 3.8) is 0 Å². The number of carbonyl (C=O) groups is 1. The zero-order valence-electron chi connectivity index (χ0n) is 7.32. The van der Waals surface area contributed by atoms with E-state index in [-0.39, 0.29) is 19.0 Å². The second-order valence-corrected chi connectivity index (χ2v) is 3.45. The van der Waals surface area contributed by atoms with E-state index in [4.69, 9.17) is 9.84 Å². The molecule has 88 valence electrons. The summed E-state index contributed by atoms with van der Waals surface area (Å²) in [5.74, 6) is -2.73. The first kappa shape index (κ1) is 12.5. The van der Waals surface area contributed by atoms with Crippen LogP contribution in [0.3, 0.4) is 0 Å². The van der Waals surface area contributed by atoms with Crippen LogP contribution in [0.25, 0.3) is 0 Å². The molecule has 4 unspecified atom stereocenters. The molecule has 0 spiro atoms. The van der Waals surface area contributed by atoms with Crippen molar-refractivity contribution >= 4 is 18.4 Å². The van der Waals surface area contributed by atoms with Crippen molar-refractivity contribution < 1.29 is 27.8 Å². The third-order valence-electron chi connectivity index (χ3n) is 2.48. The lowest BCUT2D eigenvalue weighted by atomic mass is 10.3. The Balaban J connectivity index is 0.00000112. The number of hydrogen-bond acceptors (Lipinski definition) is 3. The number of morpholine rings is 1. The third kappa shape index (κ3) is 2.19. The Bertz CT molecular complexity index is 273. The van der Waals surface area contributed by atoms with Gasteiger partial charge in [-0.15, -0.1) is 12.4 Å². The lowest BCUT2D eigenvalue weighted by Crippen LogP contribution is -2.46. The quantitative estimate of drug-likeness (QED) is 0.705. The Morgan fingerprint density at radius 2 is 2.07 bits per heavy atom. The predicted octanol–water partition coefficient (Wildman–Crippen LogP) is 0.410. The molecule has 0 aromatic carbocycles. The molecule has 1 heterocycles. The highest BCUT2D eigenvalue weighted by Gasteiger charge is 2.67. The van der Waals surface area contributed by atoms with Gasteiger partial charge in [-0.05, 0) is 0 Å². The number of carboxylic acid groups (broad SMARTS) is 1. The van der Waals surface area contributed by atoms with Crippen LogP contribution in [0, 0.1) is 5.92 Å². The molecule has 15 heavy (non-hydrogen) atoms. The number of halogens is 4. The molecule has 2 rings (SSSR count). The maximum absolute atomic E-state index is 12.2. The summed E-state index contributed by atoms with van der Waals surface area (Å²) in [6, 6.07) is -1.91. The van der Waals surface area contributed by atoms with Crippen LogP contribution in [-0.2, 0) is 9.53 Å². The topological polar surface area (TPSA) is 58.6 Å². The molecule has 0 aromatic heterocycles. The molecular weight excluding hydrogens is 239 g/mol. The molecular formula is C7H9ClF3NO3. The maximum Gasteiger partial charge on any atom is 0.395 e. The number of carboxylic acids is 1. The highest BCUT2D eigenvalue weighted by atomic mass is 35.5. The summed E-state index contributed by atoms with van der Waals surface area (Å²) in [4.78, 5) is 10.5. The van der Waals surface area contributed by atoms with Crippen molar-refractivity contribution in [3.8, 4) is 0 Å². The van der Waals surface area contributed by atoms with Gasteiger partial charge in [0.2, 0.25) is 0 Å². The van der Waals surface area contributed by atoms with Gasteiger partial charge < -0.3 is 9.84 Å². The molecule has 0 radical (unpaired) electrons. The number of ether oxygens (including phenoxy) is 1. The van der Waals surface area contributed by atoms with Gasteiger partial charge in [0.05, 0.1) is 12.7 Å². The normalized spacial score (nSPS) is 38.9. The first-order valence-electron chi connectivity index (χ1n) is 4.08. The second-order valence-electron chi connectivity index (χ2n) is 3.45. The number of alkyl halides is 3. The minimum atomic E-state index is -4.31. The molecule has 4 atom stereocenters. The van der Waals surface area contributed by atoms with Gasteiger partial charge in [-0.3, -0.25) is 10.1 Å². The van der Waals surface area contributed by atoms with Crippen molar-refractivity contribution in [2.75, 3.05) is 6.61 Å². The first-order chi connectivity index (χ1) is 6.41. The van der Waals surface area contributed by atoms with E-state index in [2.05, 4.69) is 5.32 Å². The Kier molecular flexibility index (Phi) is 3.18. The molecule has 1 aliphatic heterocycles. The fourth-order valence-electron chi connectivity index (χ4n) is 1.71. The highest BCUT2D eigenvalue weighted by molar-refractivity contribution is 5.85. The lowest BCUT2D eigenvalue weighted by molar-refractivity contribution is -0.156. The maximum atomic E-state index is 12.2. The summed E-state index contributed by atoms with van der Waals surface area (Å²) in [6.45, 7) is -0.205. The van der Waals surface area contributed by atoms with Crippen LogP contribution in [0.4, 0.5) is 13.2 Å². The van der Waals surface area contributed by atoms with E-state index in [1.807, 2.05) is 0 Å². The summed E-state index contributed by atoms with van der Waals surface area (Å²) in [6.07, 6.45) is -5.21. The van der Waals surface area contributed by atoms with Crippen molar-refractivity contribution in [1.29, 1.82) is 0 Å². The van der Waals surface area contributed by atoms with Gasteiger partial charge in [-0.25, -0.2) is 0 Å². The van der Waals surface area contributed by atoms with E-state index in [1.54, 1.807) is 0 Å². The van der Waals surface area contributed by atoms with E-state index in [0.29, 0.717) is 0 Å². The van der Waals surface area contributed by atoms with Crippen molar-refractivity contribution in [3.05, 3.63) is 0 Å². The molecule has 0 aromatic rings. The fraction of sp³-hybridized carbons (Fsp3) is 0.857. The number of nitrogens with one attached hydrogen (secondary N) is 1. The average molecular weight is 248 g/mol. The number of hydrogen-bond donors (Lipinski definition) is 2. The zero-order chi connectivity index (χ0) is 10.5. The van der Waals surface area contributed by atoms with Gasteiger partial charge in [0.25, 0.3) is 0 Å². The Hall–Kier alpha value is -0.530. The van der Waals surface area contributed by atoms with E-state index in [1.165, 1.54) is 0 Å². The minimum absolute atomic E-state index is 0. The zero-order valence-corrected chi connectivity index (χ0v) is 8.14. The number of aliphatic carboxylic acids is 1. The molecule has 0 amide bonds. The van der Waals surface area contributed by atoms with Crippen molar-refractivity contribution in [2.24, 2.45) is 5.92 Å². The Morgan fingerprint density at radius 3 is 2.53 bits per heavy atom. The van der Waals surface area contributed by atoms with Gasteiger partial charge in [-0.2, -0.15) is 13.2 Å². The van der Waals surface area contributed by atoms with Gasteiger partial charge in [0, 0.05) is 6.04 Å². The standard InChI is InChI=1S/C7H8F3NO3.ClH/c8-7(9,10)3-4-5(3)14-1-2(11-4)6(12)13;/h2-5,11H,1H2,(H,12,13);1H. The van der Waals surface area contributed by atoms with Gasteiger partial charge in [0.15, 0.2) is 0 Å². The second kappa shape index (κ2) is 3.80. The van der Waals surface area contributed by atoms with Crippen molar-refractivity contribution in [2.45, 2.75) is 24.4 Å². The van der Waals surface area contributed by atoms with Gasteiger partial charge >= 0.3 is 12.1 Å². The van der Waals surface area contributed by atoms with E-state index < -0.39 is 36.3 Å². The molecule has 2 fully saturated rings. The smallest absolute Gasteiger partial charge is 0.395 e. The van der Waals surface area contributed by atoms with Gasteiger partial charge in [0.1, 0.15) is 12.0 Å². The number of rotatable bonds is 1. The SMILES string of the molecule is Cl.O=C(O)C1COC2C(N1)C2C(F)(F)F. The molecule has 8 heteroatoms. The van der Waals surface area contributed by atoms with Crippen LogP contribution >= 0.6 is 12.4 Å². The summed E-state index contributed by atoms with van der Waals surface area (Å²) in [5, 5.41) is 10.9. The molecule has 1 saturated carbocycles. The van der Waals surface area contributed by atoms with Crippen molar-refractivity contribution in [1.82, 2.24) is 5.32 Å². The Labute approximate surface area is 89.2 Å². The molecule has 2 N–H and O–H groups in total. The largest absolute Gasteiger partial charge is 0.480 e. The third-order valence-corrected chi connectivity index (χ3v) is 2.48. The minimum Gasteiger partial charge on any atom is -0.480 e.